The Hall–Kier alpha value is -6.27. The minimum absolute atomic E-state index is 0.0715. The molecule has 4 aromatic carbocycles. The van der Waals surface area contributed by atoms with Gasteiger partial charge in [-0.05, 0) is 78.2 Å². The number of benzene rings is 4. The van der Waals surface area contributed by atoms with E-state index in [0.717, 1.165) is 23.2 Å². The maximum absolute atomic E-state index is 13.6. The van der Waals surface area contributed by atoms with Gasteiger partial charge in [-0.3, -0.25) is 24.0 Å². The number of rotatable bonds is 11. The lowest BCUT2D eigenvalue weighted by molar-refractivity contribution is -0.122. The third kappa shape index (κ3) is 7.57. The second kappa shape index (κ2) is 15.7. The van der Waals surface area contributed by atoms with Crippen LogP contribution in [0.5, 0.6) is 5.75 Å². The first-order valence-electron chi connectivity index (χ1n) is 16.7. The lowest BCUT2D eigenvalue weighted by Crippen LogP contribution is -2.43. The molecule has 1 N–H and O–H groups in total. The second-order valence-corrected chi connectivity index (χ2v) is 12.8. The number of carbonyl (C=O) groups is 3. The first-order valence-corrected chi connectivity index (χ1v) is 17.7. The van der Waals surface area contributed by atoms with Crippen molar-refractivity contribution < 1.29 is 23.9 Å². The van der Waals surface area contributed by atoms with Crippen molar-refractivity contribution in [1.82, 2.24) is 19.7 Å². The van der Waals surface area contributed by atoms with Crippen LogP contribution in [0.15, 0.2) is 133 Å². The van der Waals surface area contributed by atoms with Crippen LogP contribution in [0.1, 0.15) is 34.5 Å². The molecule has 3 heterocycles. The summed E-state index contributed by atoms with van der Waals surface area (Å²) in [7, 11) is 0. The van der Waals surface area contributed by atoms with E-state index in [9.17, 15) is 14.4 Å². The summed E-state index contributed by atoms with van der Waals surface area (Å²) in [5.41, 5.74) is 5.21. The number of para-hydroxylation sites is 2. The van der Waals surface area contributed by atoms with Gasteiger partial charge in [0.1, 0.15) is 12.4 Å². The van der Waals surface area contributed by atoms with Crippen LogP contribution >= 0.6 is 11.8 Å². The summed E-state index contributed by atoms with van der Waals surface area (Å²) < 4.78 is 13.3. The number of aryl methyl sites for hydroxylation is 1. The first kappa shape index (κ1) is 34.2. The van der Waals surface area contributed by atoms with Gasteiger partial charge in [-0.25, -0.2) is 4.79 Å². The minimum atomic E-state index is -0.657. The van der Waals surface area contributed by atoms with E-state index in [0.29, 0.717) is 28.1 Å². The molecule has 2 amide bonds. The number of nitrogens with one attached hydrogen (secondary N) is 1. The number of hydrogen-bond donors (Lipinski definition) is 1. The number of thioether (sulfide) groups is 1. The molecule has 0 fully saturated rings. The van der Waals surface area contributed by atoms with Gasteiger partial charge >= 0.3 is 5.97 Å². The van der Waals surface area contributed by atoms with E-state index >= 15 is 0 Å². The van der Waals surface area contributed by atoms with Crippen LogP contribution in [-0.4, -0.2) is 56.5 Å². The fourth-order valence-electron chi connectivity index (χ4n) is 5.88. The lowest BCUT2D eigenvalue weighted by atomic mass is 10.0. The number of aromatic nitrogens is 4. The molecule has 1 atom stereocenters. The number of carbonyl (C=O) groups excluding carboxylic acids is 3. The molecule has 1 unspecified atom stereocenters. The molecule has 0 radical (unpaired) electrons. The summed E-state index contributed by atoms with van der Waals surface area (Å²) >= 11 is 1.26. The zero-order chi connectivity index (χ0) is 35.9. The molecular weight excluding hydrogens is 677 g/mol. The highest BCUT2D eigenvalue weighted by Gasteiger charge is 2.33. The third-order valence-corrected chi connectivity index (χ3v) is 9.45. The molecule has 0 saturated heterocycles. The highest BCUT2D eigenvalue weighted by molar-refractivity contribution is 7.99. The number of fused-ring (bicyclic) bond motifs is 1. The Bertz CT molecular complexity index is 2180. The largest absolute Gasteiger partial charge is 0.489 e. The number of pyridine rings is 1. The number of amides is 2. The van der Waals surface area contributed by atoms with Crippen molar-refractivity contribution in [1.29, 1.82) is 0 Å². The molecule has 7 rings (SSSR count). The van der Waals surface area contributed by atoms with Gasteiger partial charge in [-0.1, -0.05) is 73.3 Å². The van der Waals surface area contributed by atoms with Gasteiger partial charge in [0.2, 0.25) is 5.91 Å². The average molecular weight is 711 g/mol. The van der Waals surface area contributed by atoms with E-state index < -0.39 is 12.6 Å². The van der Waals surface area contributed by atoms with Crippen molar-refractivity contribution in [3.05, 3.63) is 144 Å². The zero-order valence-corrected chi connectivity index (χ0v) is 29.0. The Morgan fingerprint density at radius 3 is 2.35 bits per heavy atom. The SMILES string of the molecule is CCc1ccc(-n2c(SCC(=O)Nc3ccc(C(=O)OCC(=O)N4c5ccccc5OCC4c4ccccc4)cc3)nnc2-c2ccncc2)cc1. The Morgan fingerprint density at radius 2 is 1.60 bits per heavy atom. The predicted molar refractivity (Wildman–Crippen MR) is 199 cm³/mol. The van der Waals surface area contributed by atoms with Crippen LogP contribution in [0.25, 0.3) is 17.1 Å². The molecule has 6 aromatic rings. The summed E-state index contributed by atoms with van der Waals surface area (Å²) in [5, 5.41) is 12.3. The van der Waals surface area contributed by atoms with Crippen LogP contribution in [0.4, 0.5) is 11.4 Å². The lowest BCUT2D eigenvalue weighted by Gasteiger charge is -2.37. The van der Waals surface area contributed by atoms with Gasteiger partial charge in [0.25, 0.3) is 5.91 Å². The molecular formula is C40H34N6O5S. The zero-order valence-electron chi connectivity index (χ0n) is 28.2. The Balaban J connectivity index is 0.973. The first-order chi connectivity index (χ1) is 25.5. The molecule has 0 bridgehead atoms. The average Bonchev–Trinajstić information content (AvgIpc) is 3.63. The Labute approximate surface area is 304 Å². The monoisotopic (exact) mass is 710 g/mol. The molecule has 1 aliphatic heterocycles. The van der Waals surface area contributed by atoms with Crippen molar-refractivity contribution in [2.75, 3.05) is 29.2 Å². The molecule has 2 aromatic heterocycles. The van der Waals surface area contributed by atoms with Gasteiger partial charge in [0.05, 0.1) is 23.0 Å². The molecule has 0 aliphatic carbocycles. The minimum Gasteiger partial charge on any atom is -0.489 e. The molecule has 0 spiro atoms. The maximum atomic E-state index is 13.6. The van der Waals surface area contributed by atoms with E-state index in [-0.39, 0.29) is 35.8 Å². The van der Waals surface area contributed by atoms with Crippen LogP contribution < -0.4 is 15.0 Å². The Morgan fingerprint density at radius 1 is 0.865 bits per heavy atom. The van der Waals surface area contributed by atoms with E-state index in [4.69, 9.17) is 9.47 Å². The molecule has 260 valence electrons. The smallest absolute Gasteiger partial charge is 0.338 e. The number of anilines is 2. The van der Waals surface area contributed by atoms with Crippen molar-refractivity contribution in [2.45, 2.75) is 24.5 Å². The van der Waals surface area contributed by atoms with Crippen molar-refractivity contribution >= 4 is 40.9 Å². The van der Waals surface area contributed by atoms with E-state index in [1.807, 2.05) is 77.4 Å². The topological polar surface area (TPSA) is 129 Å². The molecule has 1 aliphatic rings. The molecule has 0 saturated carbocycles. The standard InChI is InChI=1S/C40H34N6O5S/c1-2-27-12-18-32(19-13-27)45-38(29-20-22-41-23-21-29)43-44-40(45)52-26-36(47)42-31-16-14-30(15-17-31)39(49)51-25-37(48)46-33-10-6-7-11-35(33)50-24-34(46)28-8-4-3-5-9-28/h3-23,34H,2,24-26H2,1H3,(H,42,47). The fraction of sp³-hybridized carbons (Fsp3) is 0.150. The van der Waals surface area contributed by atoms with Crippen molar-refractivity contribution in [2.24, 2.45) is 0 Å². The van der Waals surface area contributed by atoms with E-state index in [2.05, 4.69) is 39.6 Å². The summed E-state index contributed by atoms with van der Waals surface area (Å²) in [5.74, 6) is 0.0124. The normalized spacial score (nSPS) is 13.5. The van der Waals surface area contributed by atoms with E-state index in [1.165, 1.54) is 17.3 Å². The van der Waals surface area contributed by atoms with Gasteiger partial charge in [-0.2, -0.15) is 0 Å². The third-order valence-electron chi connectivity index (χ3n) is 8.52. The summed E-state index contributed by atoms with van der Waals surface area (Å²) in [6, 6.07) is 34.7. The highest BCUT2D eigenvalue weighted by Crippen LogP contribution is 2.39. The number of ether oxygens (including phenoxy) is 2. The quantitative estimate of drug-likeness (QED) is 0.112. The molecule has 12 heteroatoms. The molecule has 52 heavy (non-hydrogen) atoms. The van der Waals surface area contributed by atoms with Crippen molar-refractivity contribution in [3.63, 3.8) is 0 Å². The van der Waals surface area contributed by atoms with Crippen LogP contribution in [0.2, 0.25) is 0 Å². The summed E-state index contributed by atoms with van der Waals surface area (Å²) in [6.45, 7) is 1.92. The maximum Gasteiger partial charge on any atom is 0.338 e. The second-order valence-electron chi connectivity index (χ2n) is 11.9. The van der Waals surface area contributed by atoms with Gasteiger partial charge in [0.15, 0.2) is 17.6 Å². The van der Waals surface area contributed by atoms with E-state index in [1.54, 1.807) is 47.6 Å². The summed E-state index contributed by atoms with van der Waals surface area (Å²) in [6.07, 6.45) is 4.32. The fourth-order valence-corrected chi connectivity index (χ4v) is 6.63. The number of hydrogen-bond acceptors (Lipinski definition) is 9. The predicted octanol–water partition coefficient (Wildman–Crippen LogP) is 6.95. The van der Waals surface area contributed by atoms with Gasteiger partial charge < -0.3 is 14.8 Å². The van der Waals surface area contributed by atoms with Crippen LogP contribution in [0, 0.1) is 0 Å². The number of esters is 1. The summed E-state index contributed by atoms with van der Waals surface area (Å²) in [4.78, 5) is 45.3. The van der Waals surface area contributed by atoms with Crippen LogP contribution in [0.3, 0.4) is 0 Å². The number of nitrogens with zero attached hydrogens (tertiary/aromatic N) is 5. The van der Waals surface area contributed by atoms with Gasteiger partial charge in [-0.15, -0.1) is 10.2 Å². The van der Waals surface area contributed by atoms with Crippen molar-refractivity contribution in [3.8, 4) is 22.8 Å². The Kier molecular flexibility index (Phi) is 10.3. The highest BCUT2D eigenvalue weighted by atomic mass is 32.2. The molecule has 11 nitrogen and oxygen atoms in total. The van der Waals surface area contributed by atoms with Crippen LogP contribution in [-0.2, 0) is 20.7 Å². The van der Waals surface area contributed by atoms with Gasteiger partial charge in [0, 0.05) is 29.3 Å².